The maximum atomic E-state index is 12.3. The number of anilines is 1. The fourth-order valence-corrected chi connectivity index (χ4v) is 2.98. The quantitative estimate of drug-likeness (QED) is 0.533. The molecule has 0 fully saturated rings. The number of hydrogen-bond donors (Lipinski definition) is 3. The molecule has 0 saturated heterocycles. The Morgan fingerprint density at radius 1 is 1.10 bits per heavy atom. The number of ether oxygens (including phenoxy) is 1. The Bertz CT molecular complexity index is 947. The number of aromatic amines is 1. The lowest BCUT2D eigenvalue weighted by Gasteiger charge is -2.07. The van der Waals surface area contributed by atoms with E-state index in [1.165, 1.54) is 0 Å². The first-order valence-electron chi connectivity index (χ1n) is 9.78. The molecule has 0 saturated carbocycles. The highest BCUT2D eigenvalue weighted by Crippen LogP contribution is 2.21. The normalized spacial score (nSPS) is 11.8. The number of H-pyrrole nitrogens is 1. The molecular formula is C23H27N3O3. The van der Waals surface area contributed by atoms with E-state index in [1.807, 2.05) is 50.2 Å². The van der Waals surface area contributed by atoms with Gasteiger partial charge in [-0.25, -0.2) is 4.98 Å². The second kappa shape index (κ2) is 9.28. The molecule has 6 heteroatoms. The van der Waals surface area contributed by atoms with Gasteiger partial charge in [0.1, 0.15) is 11.5 Å². The molecule has 1 heterocycles. The summed E-state index contributed by atoms with van der Waals surface area (Å²) in [5.74, 6) is 1.38. The molecule has 1 amide bonds. The van der Waals surface area contributed by atoms with Gasteiger partial charge in [0.2, 0.25) is 11.9 Å². The Morgan fingerprint density at radius 3 is 2.34 bits per heavy atom. The van der Waals surface area contributed by atoms with Crippen molar-refractivity contribution in [1.82, 2.24) is 9.97 Å². The third-order valence-corrected chi connectivity index (χ3v) is 5.01. The molecule has 0 aliphatic carbocycles. The number of aromatic hydroxyl groups is 1. The monoisotopic (exact) mass is 393 g/mol. The molecule has 3 rings (SSSR count). The molecule has 3 N–H and O–H groups in total. The molecule has 0 spiro atoms. The van der Waals surface area contributed by atoms with Crippen LogP contribution in [0.25, 0.3) is 0 Å². The fraction of sp³-hybridized carbons (Fsp3) is 0.304. The van der Waals surface area contributed by atoms with E-state index in [0.717, 1.165) is 34.7 Å². The Labute approximate surface area is 171 Å². The number of nitrogens with one attached hydrogen (secondary N) is 2. The van der Waals surface area contributed by atoms with Crippen LogP contribution >= 0.6 is 0 Å². The number of carbonyl (C=O) groups is 1. The lowest BCUT2D eigenvalue weighted by Crippen LogP contribution is -2.20. The van der Waals surface area contributed by atoms with Gasteiger partial charge in [-0.15, -0.1) is 0 Å². The van der Waals surface area contributed by atoms with E-state index in [9.17, 15) is 9.90 Å². The number of aromatic nitrogens is 2. The van der Waals surface area contributed by atoms with Crippen LogP contribution in [0.2, 0.25) is 0 Å². The first-order chi connectivity index (χ1) is 14.0. The summed E-state index contributed by atoms with van der Waals surface area (Å²) < 4.78 is 5.22. The highest BCUT2D eigenvalue weighted by Gasteiger charge is 2.16. The SMILES string of the molecule is CCC(C)C(=O)Nc1nc(Cc2ccc(O)cc2)c(Cc2ccc(OC)cc2)[nH]1. The van der Waals surface area contributed by atoms with Crippen LogP contribution in [0, 0.1) is 5.92 Å². The number of phenolic OH excluding ortho intramolecular Hbond substituents is 1. The molecule has 1 atom stereocenters. The van der Waals surface area contributed by atoms with Gasteiger partial charge in [-0.3, -0.25) is 10.1 Å². The van der Waals surface area contributed by atoms with Gasteiger partial charge in [0.25, 0.3) is 0 Å². The van der Waals surface area contributed by atoms with Crippen LogP contribution in [0.5, 0.6) is 11.5 Å². The molecule has 6 nitrogen and oxygen atoms in total. The number of rotatable bonds is 8. The zero-order valence-electron chi connectivity index (χ0n) is 17.0. The molecule has 1 unspecified atom stereocenters. The van der Waals surface area contributed by atoms with E-state index in [0.29, 0.717) is 18.8 Å². The van der Waals surface area contributed by atoms with Crippen molar-refractivity contribution in [2.45, 2.75) is 33.1 Å². The van der Waals surface area contributed by atoms with E-state index in [4.69, 9.17) is 4.74 Å². The highest BCUT2D eigenvalue weighted by molar-refractivity contribution is 5.90. The lowest BCUT2D eigenvalue weighted by molar-refractivity contribution is -0.119. The summed E-state index contributed by atoms with van der Waals surface area (Å²) in [7, 11) is 1.64. The maximum Gasteiger partial charge on any atom is 0.229 e. The largest absolute Gasteiger partial charge is 0.508 e. The maximum absolute atomic E-state index is 12.3. The van der Waals surface area contributed by atoms with Gasteiger partial charge in [0.15, 0.2) is 0 Å². The highest BCUT2D eigenvalue weighted by atomic mass is 16.5. The van der Waals surface area contributed by atoms with Crippen molar-refractivity contribution < 1.29 is 14.6 Å². The van der Waals surface area contributed by atoms with Gasteiger partial charge in [-0.05, 0) is 41.8 Å². The zero-order valence-corrected chi connectivity index (χ0v) is 17.0. The Morgan fingerprint density at radius 2 is 1.72 bits per heavy atom. The van der Waals surface area contributed by atoms with Crippen LogP contribution in [0.4, 0.5) is 5.95 Å². The number of imidazole rings is 1. The first kappa shape index (κ1) is 20.5. The molecule has 0 aliphatic heterocycles. The average molecular weight is 393 g/mol. The molecule has 1 aromatic heterocycles. The summed E-state index contributed by atoms with van der Waals surface area (Å²) in [5.41, 5.74) is 3.96. The van der Waals surface area contributed by atoms with Crippen molar-refractivity contribution >= 4 is 11.9 Å². The Hall–Kier alpha value is -3.28. The molecule has 3 aromatic rings. The minimum atomic E-state index is -0.0781. The smallest absolute Gasteiger partial charge is 0.229 e. The number of amides is 1. The predicted octanol–water partition coefficient (Wildman–Crippen LogP) is 4.29. The number of methoxy groups -OCH3 is 1. The number of hydrogen-bond acceptors (Lipinski definition) is 4. The summed E-state index contributed by atoms with van der Waals surface area (Å²) in [5, 5.41) is 12.4. The van der Waals surface area contributed by atoms with E-state index in [-0.39, 0.29) is 17.6 Å². The van der Waals surface area contributed by atoms with Crippen LogP contribution in [-0.2, 0) is 17.6 Å². The standard InChI is InChI=1S/C23H27N3O3/c1-4-15(2)22(28)26-23-24-20(13-16-5-9-18(27)10-6-16)21(25-23)14-17-7-11-19(29-3)12-8-17/h5-12,15,27H,4,13-14H2,1-3H3,(H2,24,25,26,28). The van der Waals surface area contributed by atoms with Crippen molar-refractivity contribution in [1.29, 1.82) is 0 Å². The zero-order chi connectivity index (χ0) is 20.8. The van der Waals surface area contributed by atoms with Crippen LogP contribution < -0.4 is 10.1 Å². The van der Waals surface area contributed by atoms with Crippen molar-refractivity contribution in [3.05, 3.63) is 71.0 Å². The van der Waals surface area contributed by atoms with Crippen molar-refractivity contribution in [2.24, 2.45) is 5.92 Å². The third-order valence-electron chi connectivity index (χ3n) is 5.01. The van der Waals surface area contributed by atoms with Gasteiger partial charge in [-0.2, -0.15) is 0 Å². The predicted molar refractivity (Wildman–Crippen MR) is 113 cm³/mol. The summed E-state index contributed by atoms with van der Waals surface area (Å²) >= 11 is 0. The van der Waals surface area contributed by atoms with Crippen LogP contribution in [0.15, 0.2) is 48.5 Å². The van der Waals surface area contributed by atoms with E-state index in [2.05, 4.69) is 15.3 Å². The lowest BCUT2D eigenvalue weighted by atomic mass is 10.0. The Kier molecular flexibility index (Phi) is 6.54. The molecule has 29 heavy (non-hydrogen) atoms. The number of benzene rings is 2. The first-order valence-corrected chi connectivity index (χ1v) is 9.78. The van der Waals surface area contributed by atoms with Crippen molar-refractivity contribution in [3.63, 3.8) is 0 Å². The summed E-state index contributed by atoms with van der Waals surface area (Å²) in [6.45, 7) is 3.88. The average Bonchev–Trinajstić information content (AvgIpc) is 3.10. The summed E-state index contributed by atoms with van der Waals surface area (Å²) in [6.07, 6.45) is 2.02. The number of nitrogens with zero attached hydrogens (tertiary/aromatic N) is 1. The third kappa shape index (κ3) is 5.38. The van der Waals surface area contributed by atoms with Crippen LogP contribution in [-0.4, -0.2) is 28.1 Å². The number of carbonyl (C=O) groups excluding carboxylic acids is 1. The van der Waals surface area contributed by atoms with Gasteiger partial charge < -0.3 is 14.8 Å². The van der Waals surface area contributed by atoms with Crippen molar-refractivity contribution in [3.8, 4) is 11.5 Å². The summed E-state index contributed by atoms with van der Waals surface area (Å²) in [6, 6.07) is 15.0. The van der Waals surface area contributed by atoms with E-state index >= 15 is 0 Å². The molecule has 152 valence electrons. The molecular weight excluding hydrogens is 366 g/mol. The number of phenols is 1. The van der Waals surface area contributed by atoms with Gasteiger partial charge in [-0.1, -0.05) is 38.1 Å². The van der Waals surface area contributed by atoms with Crippen LogP contribution in [0.1, 0.15) is 42.8 Å². The Balaban J connectivity index is 1.85. The minimum absolute atomic E-state index is 0.0477. The van der Waals surface area contributed by atoms with E-state index in [1.54, 1.807) is 19.2 Å². The van der Waals surface area contributed by atoms with Crippen LogP contribution in [0.3, 0.4) is 0 Å². The van der Waals surface area contributed by atoms with Gasteiger partial charge >= 0.3 is 0 Å². The van der Waals surface area contributed by atoms with E-state index < -0.39 is 0 Å². The molecule has 0 bridgehead atoms. The summed E-state index contributed by atoms with van der Waals surface area (Å²) in [4.78, 5) is 20.2. The van der Waals surface area contributed by atoms with Gasteiger partial charge in [0, 0.05) is 24.5 Å². The van der Waals surface area contributed by atoms with Crippen molar-refractivity contribution in [2.75, 3.05) is 12.4 Å². The van der Waals surface area contributed by atoms with Gasteiger partial charge in [0.05, 0.1) is 12.8 Å². The molecule has 2 aromatic carbocycles. The second-order valence-corrected chi connectivity index (χ2v) is 7.18. The second-order valence-electron chi connectivity index (χ2n) is 7.18. The fourth-order valence-electron chi connectivity index (χ4n) is 2.98. The molecule has 0 aliphatic rings. The topological polar surface area (TPSA) is 87.2 Å². The minimum Gasteiger partial charge on any atom is -0.508 e. The molecule has 0 radical (unpaired) electrons.